The fourth-order valence-electron chi connectivity index (χ4n) is 2.62. The molecule has 1 unspecified atom stereocenters. The Morgan fingerprint density at radius 2 is 1.62 bits per heavy atom. The summed E-state index contributed by atoms with van der Waals surface area (Å²) in [5.41, 5.74) is 2.00. The minimum Gasteiger partial charge on any atom is -0.344 e. The average Bonchev–Trinajstić information content (AvgIpc) is 3.06. The highest BCUT2D eigenvalue weighted by atomic mass is 16.2. The van der Waals surface area contributed by atoms with Gasteiger partial charge in [-0.1, -0.05) is 48.5 Å². The van der Waals surface area contributed by atoms with Crippen LogP contribution in [-0.4, -0.2) is 21.6 Å². The van der Waals surface area contributed by atoms with Crippen molar-refractivity contribution in [3.05, 3.63) is 78.0 Å². The third-order valence-electron chi connectivity index (χ3n) is 3.89. The van der Waals surface area contributed by atoms with Crippen LogP contribution in [0.15, 0.2) is 66.7 Å². The van der Waals surface area contributed by atoms with E-state index in [-0.39, 0.29) is 23.6 Å². The number of benzene rings is 2. The zero-order valence-electron chi connectivity index (χ0n) is 14.6. The highest BCUT2D eigenvalue weighted by Gasteiger charge is 2.18. The van der Waals surface area contributed by atoms with E-state index in [0.29, 0.717) is 5.82 Å². The summed E-state index contributed by atoms with van der Waals surface area (Å²) in [4.78, 5) is 24.1. The summed E-state index contributed by atoms with van der Waals surface area (Å²) in [7, 11) is 0. The minimum atomic E-state index is -0.303. The van der Waals surface area contributed by atoms with Crippen molar-refractivity contribution in [2.75, 3.05) is 5.32 Å². The summed E-state index contributed by atoms with van der Waals surface area (Å²) in [5.74, 6) is -0.0875. The number of hydrogen-bond acceptors (Lipinski definition) is 3. The van der Waals surface area contributed by atoms with E-state index in [4.69, 9.17) is 0 Å². The standard InChI is InChI=1S/C20H20N4O2/c1-14(16-9-5-3-6-10-16)21-20(26)18-13-19(22-15(2)25)24(23-18)17-11-7-4-8-12-17/h3-14H,1-2H3,(H,21,26)(H,22,25). The Morgan fingerprint density at radius 3 is 2.23 bits per heavy atom. The van der Waals surface area contributed by atoms with Crippen molar-refractivity contribution in [3.8, 4) is 5.69 Å². The topological polar surface area (TPSA) is 76.0 Å². The maximum Gasteiger partial charge on any atom is 0.272 e. The van der Waals surface area contributed by atoms with Gasteiger partial charge in [-0.3, -0.25) is 9.59 Å². The molecule has 1 aromatic heterocycles. The van der Waals surface area contributed by atoms with Crippen LogP contribution in [0, 0.1) is 0 Å². The predicted molar refractivity (Wildman–Crippen MR) is 100 cm³/mol. The van der Waals surface area contributed by atoms with E-state index in [0.717, 1.165) is 11.3 Å². The number of hydrogen-bond donors (Lipinski definition) is 2. The van der Waals surface area contributed by atoms with Crippen molar-refractivity contribution >= 4 is 17.6 Å². The SMILES string of the molecule is CC(=O)Nc1cc(C(=O)NC(C)c2ccccc2)nn1-c1ccccc1. The van der Waals surface area contributed by atoms with E-state index < -0.39 is 0 Å². The van der Waals surface area contributed by atoms with Gasteiger partial charge < -0.3 is 10.6 Å². The van der Waals surface area contributed by atoms with E-state index in [2.05, 4.69) is 15.7 Å². The van der Waals surface area contributed by atoms with Gasteiger partial charge in [0.05, 0.1) is 11.7 Å². The second-order valence-corrected chi connectivity index (χ2v) is 5.95. The number of nitrogens with one attached hydrogen (secondary N) is 2. The lowest BCUT2D eigenvalue weighted by Gasteiger charge is -2.13. The summed E-state index contributed by atoms with van der Waals surface area (Å²) < 4.78 is 1.55. The number of carbonyl (C=O) groups excluding carboxylic acids is 2. The zero-order valence-corrected chi connectivity index (χ0v) is 14.6. The summed E-state index contributed by atoms with van der Waals surface area (Å²) >= 11 is 0. The lowest BCUT2D eigenvalue weighted by atomic mass is 10.1. The van der Waals surface area contributed by atoms with Gasteiger partial charge in [0.25, 0.3) is 5.91 Å². The van der Waals surface area contributed by atoms with E-state index in [9.17, 15) is 9.59 Å². The zero-order chi connectivity index (χ0) is 18.5. The minimum absolute atomic E-state index is 0.158. The Morgan fingerprint density at radius 1 is 1.00 bits per heavy atom. The lowest BCUT2D eigenvalue weighted by Crippen LogP contribution is -2.27. The van der Waals surface area contributed by atoms with E-state index in [1.54, 1.807) is 10.7 Å². The predicted octanol–water partition coefficient (Wildman–Crippen LogP) is 3.32. The van der Waals surface area contributed by atoms with Crippen LogP contribution in [0.5, 0.6) is 0 Å². The summed E-state index contributed by atoms with van der Waals surface area (Å²) in [6, 6.07) is 20.4. The molecule has 6 nitrogen and oxygen atoms in total. The van der Waals surface area contributed by atoms with Gasteiger partial charge in [0.1, 0.15) is 5.82 Å². The average molecular weight is 348 g/mol. The van der Waals surface area contributed by atoms with Crippen LogP contribution >= 0.6 is 0 Å². The molecule has 0 saturated carbocycles. The first kappa shape index (κ1) is 17.4. The number of anilines is 1. The molecule has 6 heteroatoms. The summed E-state index contributed by atoms with van der Waals surface area (Å²) in [5, 5.41) is 10.0. The first-order chi connectivity index (χ1) is 12.5. The van der Waals surface area contributed by atoms with Gasteiger partial charge >= 0.3 is 0 Å². The van der Waals surface area contributed by atoms with Gasteiger partial charge in [-0.05, 0) is 24.6 Å². The van der Waals surface area contributed by atoms with Crippen molar-refractivity contribution in [2.24, 2.45) is 0 Å². The monoisotopic (exact) mass is 348 g/mol. The Kier molecular flexibility index (Phi) is 5.12. The van der Waals surface area contributed by atoms with Crippen LogP contribution in [0.4, 0.5) is 5.82 Å². The van der Waals surface area contributed by atoms with Gasteiger partial charge in [0, 0.05) is 13.0 Å². The summed E-state index contributed by atoms with van der Waals surface area (Å²) in [6.07, 6.45) is 0. The second kappa shape index (κ2) is 7.65. The third-order valence-corrected chi connectivity index (χ3v) is 3.89. The van der Waals surface area contributed by atoms with E-state index in [1.807, 2.05) is 67.6 Å². The molecule has 0 aliphatic rings. The van der Waals surface area contributed by atoms with Crippen LogP contribution in [0.1, 0.15) is 35.9 Å². The van der Waals surface area contributed by atoms with Crippen molar-refractivity contribution in [2.45, 2.75) is 19.9 Å². The number of nitrogens with zero attached hydrogens (tertiary/aromatic N) is 2. The molecule has 0 fully saturated rings. The molecule has 0 aliphatic heterocycles. The van der Waals surface area contributed by atoms with Gasteiger partial charge in [-0.2, -0.15) is 5.10 Å². The Labute approximate surface area is 151 Å². The number of carbonyl (C=O) groups is 2. The highest BCUT2D eigenvalue weighted by molar-refractivity contribution is 5.95. The maximum absolute atomic E-state index is 12.6. The first-order valence-electron chi connectivity index (χ1n) is 8.33. The number of amides is 2. The first-order valence-corrected chi connectivity index (χ1v) is 8.33. The van der Waals surface area contributed by atoms with Crippen LogP contribution in [0.25, 0.3) is 5.69 Å². The molecule has 26 heavy (non-hydrogen) atoms. The van der Waals surface area contributed by atoms with Crippen LogP contribution < -0.4 is 10.6 Å². The molecule has 3 rings (SSSR count). The number of rotatable bonds is 5. The van der Waals surface area contributed by atoms with Crippen LogP contribution in [0.3, 0.4) is 0 Å². The van der Waals surface area contributed by atoms with Gasteiger partial charge in [0.15, 0.2) is 5.69 Å². The van der Waals surface area contributed by atoms with E-state index in [1.165, 1.54) is 6.92 Å². The Balaban J connectivity index is 1.86. The van der Waals surface area contributed by atoms with Crippen molar-refractivity contribution in [1.82, 2.24) is 15.1 Å². The summed E-state index contributed by atoms with van der Waals surface area (Å²) in [6.45, 7) is 3.33. The molecule has 3 aromatic rings. The normalized spacial score (nSPS) is 11.6. The molecular weight excluding hydrogens is 328 g/mol. The lowest BCUT2D eigenvalue weighted by molar-refractivity contribution is -0.114. The van der Waals surface area contributed by atoms with Crippen molar-refractivity contribution < 1.29 is 9.59 Å². The maximum atomic E-state index is 12.6. The molecular formula is C20H20N4O2. The second-order valence-electron chi connectivity index (χ2n) is 5.95. The molecule has 0 radical (unpaired) electrons. The Bertz CT molecular complexity index is 904. The largest absolute Gasteiger partial charge is 0.344 e. The third kappa shape index (κ3) is 3.97. The quantitative estimate of drug-likeness (QED) is 0.743. The molecule has 1 atom stereocenters. The molecule has 0 spiro atoms. The molecule has 0 bridgehead atoms. The fourth-order valence-corrected chi connectivity index (χ4v) is 2.62. The molecule has 1 heterocycles. The number of aromatic nitrogens is 2. The van der Waals surface area contributed by atoms with Crippen LogP contribution in [0.2, 0.25) is 0 Å². The van der Waals surface area contributed by atoms with Gasteiger partial charge in [0.2, 0.25) is 5.91 Å². The van der Waals surface area contributed by atoms with E-state index >= 15 is 0 Å². The van der Waals surface area contributed by atoms with Crippen molar-refractivity contribution in [1.29, 1.82) is 0 Å². The number of para-hydroxylation sites is 1. The van der Waals surface area contributed by atoms with Gasteiger partial charge in [-0.15, -0.1) is 0 Å². The Hall–Kier alpha value is -3.41. The fraction of sp³-hybridized carbons (Fsp3) is 0.150. The smallest absolute Gasteiger partial charge is 0.272 e. The van der Waals surface area contributed by atoms with Crippen molar-refractivity contribution in [3.63, 3.8) is 0 Å². The molecule has 0 aliphatic carbocycles. The molecule has 2 amide bonds. The molecule has 2 aromatic carbocycles. The molecule has 2 N–H and O–H groups in total. The van der Waals surface area contributed by atoms with Crippen LogP contribution in [-0.2, 0) is 4.79 Å². The molecule has 132 valence electrons. The molecule has 0 saturated heterocycles. The van der Waals surface area contributed by atoms with Gasteiger partial charge in [-0.25, -0.2) is 4.68 Å². The highest BCUT2D eigenvalue weighted by Crippen LogP contribution is 2.18.